The Morgan fingerprint density at radius 2 is 2.15 bits per heavy atom. The second-order valence-corrected chi connectivity index (χ2v) is 9.85. The standard InChI is InChI=1S/C26H29ClN4O3/c1-31-12-11-21-24(15-31)34-26(30-21)23(32)8-4-6-16-5-2-3-7-19(16)29-25(33)22-14-17-13-18(27)9-10-20(17)28-22/h4,8-10,13-14,16,19,28H,2-3,5-7,11-12,15H2,1H3,(H,29,33)/b8-4+/t16-,19+/m1/s1. The molecule has 1 aromatic carbocycles. The van der Waals surface area contributed by atoms with Gasteiger partial charge in [-0.3, -0.25) is 14.5 Å². The Bertz CT molecular complexity index is 1240. The number of halogens is 1. The number of nitrogens with one attached hydrogen (secondary N) is 2. The summed E-state index contributed by atoms with van der Waals surface area (Å²) < 4.78 is 5.71. The largest absolute Gasteiger partial charge is 0.437 e. The van der Waals surface area contributed by atoms with E-state index in [-0.39, 0.29) is 29.5 Å². The van der Waals surface area contributed by atoms with E-state index >= 15 is 0 Å². The summed E-state index contributed by atoms with van der Waals surface area (Å²) in [6.07, 6.45) is 9.16. The van der Waals surface area contributed by atoms with Gasteiger partial charge in [0.05, 0.1) is 12.2 Å². The number of aromatic nitrogens is 2. The van der Waals surface area contributed by atoms with Gasteiger partial charge >= 0.3 is 0 Å². The van der Waals surface area contributed by atoms with Crippen LogP contribution in [0.25, 0.3) is 10.9 Å². The van der Waals surface area contributed by atoms with Gasteiger partial charge in [-0.1, -0.05) is 30.5 Å². The average Bonchev–Trinajstić information content (AvgIpc) is 3.43. The molecular weight excluding hydrogens is 452 g/mol. The van der Waals surface area contributed by atoms with Gasteiger partial charge in [-0.15, -0.1) is 0 Å². The van der Waals surface area contributed by atoms with Crippen molar-refractivity contribution in [3.05, 3.63) is 64.5 Å². The van der Waals surface area contributed by atoms with Crippen LogP contribution in [-0.4, -0.2) is 46.2 Å². The number of fused-ring (bicyclic) bond motifs is 2. The summed E-state index contributed by atoms with van der Waals surface area (Å²) in [7, 11) is 2.03. The Kier molecular flexibility index (Phi) is 6.57. The molecule has 1 saturated carbocycles. The van der Waals surface area contributed by atoms with Gasteiger partial charge in [-0.25, -0.2) is 4.98 Å². The Morgan fingerprint density at radius 1 is 1.29 bits per heavy atom. The van der Waals surface area contributed by atoms with Crippen molar-refractivity contribution >= 4 is 34.2 Å². The highest BCUT2D eigenvalue weighted by Gasteiger charge is 2.27. The fourth-order valence-corrected chi connectivity index (χ4v) is 5.18. The van der Waals surface area contributed by atoms with Crippen molar-refractivity contribution in [2.75, 3.05) is 13.6 Å². The van der Waals surface area contributed by atoms with Gasteiger partial charge in [0.15, 0.2) is 0 Å². The van der Waals surface area contributed by atoms with Gasteiger partial charge < -0.3 is 14.7 Å². The van der Waals surface area contributed by atoms with Gasteiger partial charge in [0.1, 0.15) is 11.5 Å². The number of rotatable bonds is 6. The number of carbonyl (C=O) groups excluding carboxylic acids is 2. The molecule has 0 bridgehead atoms. The lowest BCUT2D eigenvalue weighted by atomic mass is 9.82. The summed E-state index contributed by atoms with van der Waals surface area (Å²) in [5.41, 5.74) is 2.31. The highest BCUT2D eigenvalue weighted by molar-refractivity contribution is 6.31. The Balaban J connectivity index is 1.21. The van der Waals surface area contributed by atoms with Crippen LogP contribution in [0.15, 0.2) is 40.8 Å². The first-order chi connectivity index (χ1) is 16.5. The molecule has 2 aromatic heterocycles. The van der Waals surface area contributed by atoms with E-state index in [0.29, 0.717) is 17.3 Å². The van der Waals surface area contributed by atoms with Gasteiger partial charge in [0, 0.05) is 34.9 Å². The zero-order chi connectivity index (χ0) is 23.7. The number of amides is 1. The van der Waals surface area contributed by atoms with E-state index in [4.69, 9.17) is 16.0 Å². The minimum absolute atomic E-state index is 0.0700. The predicted octanol–water partition coefficient (Wildman–Crippen LogP) is 4.92. The second kappa shape index (κ2) is 9.76. The summed E-state index contributed by atoms with van der Waals surface area (Å²) in [5, 5.41) is 4.77. The molecule has 1 amide bonds. The fourth-order valence-electron chi connectivity index (χ4n) is 5.00. The summed E-state index contributed by atoms with van der Waals surface area (Å²) >= 11 is 6.07. The highest BCUT2D eigenvalue weighted by atomic mass is 35.5. The van der Waals surface area contributed by atoms with E-state index in [9.17, 15) is 9.59 Å². The molecule has 0 radical (unpaired) electrons. The third-order valence-electron chi connectivity index (χ3n) is 6.89. The van der Waals surface area contributed by atoms with Gasteiger partial charge in [-0.05, 0) is 62.6 Å². The summed E-state index contributed by atoms with van der Waals surface area (Å²) in [5.74, 6) is 0.931. The number of hydrogen-bond acceptors (Lipinski definition) is 5. The monoisotopic (exact) mass is 480 g/mol. The Morgan fingerprint density at radius 3 is 3.03 bits per heavy atom. The molecule has 3 aromatic rings. The first-order valence-electron chi connectivity index (χ1n) is 11.9. The maximum atomic E-state index is 12.9. The summed E-state index contributed by atoms with van der Waals surface area (Å²) in [6.45, 7) is 1.61. The molecule has 1 aliphatic carbocycles. The minimum Gasteiger partial charge on any atom is -0.437 e. The van der Waals surface area contributed by atoms with Crippen molar-refractivity contribution in [3.8, 4) is 0 Å². The first-order valence-corrected chi connectivity index (χ1v) is 12.3. The molecule has 2 aliphatic rings. The molecule has 2 N–H and O–H groups in total. The molecule has 5 rings (SSSR count). The lowest BCUT2D eigenvalue weighted by molar-refractivity contribution is 0.0901. The molecular formula is C26H29ClN4O3. The number of carbonyl (C=O) groups is 2. The molecule has 7 nitrogen and oxygen atoms in total. The molecule has 8 heteroatoms. The van der Waals surface area contributed by atoms with Crippen molar-refractivity contribution in [3.63, 3.8) is 0 Å². The molecule has 3 heterocycles. The Labute approximate surface area is 203 Å². The molecule has 0 spiro atoms. The first kappa shape index (κ1) is 22.9. The van der Waals surface area contributed by atoms with Gasteiger partial charge in [0.25, 0.3) is 11.8 Å². The van der Waals surface area contributed by atoms with Crippen LogP contribution in [0, 0.1) is 5.92 Å². The van der Waals surface area contributed by atoms with Crippen LogP contribution >= 0.6 is 11.6 Å². The number of oxazole rings is 1. The van der Waals surface area contributed by atoms with Crippen molar-refractivity contribution in [1.82, 2.24) is 20.2 Å². The van der Waals surface area contributed by atoms with Crippen LogP contribution in [0.1, 0.15) is 64.7 Å². The van der Waals surface area contributed by atoms with E-state index in [2.05, 4.69) is 20.2 Å². The number of likely N-dealkylation sites (N-methyl/N-ethyl adjacent to an activating group) is 1. The van der Waals surface area contributed by atoms with Crippen molar-refractivity contribution in [1.29, 1.82) is 0 Å². The maximum absolute atomic E-state index is 12.9. The molecule has 0 unspecified atom stereocenters. The van der Waals surface area contributed by atoms with Crippen molar-refractivity contribution in [2.45, 2.75) is 51.1 Å². The highest BCUT2D eigenvalue weighted by Crippen LogP contribution is 2.28. The predicted molar refractivity (Wildman–Crippen MR) is 131 cm³/mol. The third-order valence-corrected chi connectivity index (χ3v) is 7.13. The van der Waals surface area contributed by atoms with Crippen LogP contribution < -0.4 is 5.32 Å². The number of H-pyrrole nitrogens is 1. The van der Waals surface area contributed by atoms with E-state index < -0.39 is 0 Å². The molecule has 178 valence electrons. The minimum atomic E-state index is -0.204. The topological polar surface area (TPSA) is 91.2 Å². The smallest absolute Gasteiger partial charge is 0.268 e. The zero-order valence-corrected chi connectivity index (χ0v) is 20.0. The Hall–Kier alpha value is -2.90. The quantitative estimate of drug-likeness (QED) is 0.386. The zero-order valence-electron chi connectivity index (χ0n) is 19.3. The number of nitrogens with zero attached hydrogens (tertiary/aromatic N) is 2. The van der Waals surface area contributed by atoms with E-state index in [1.807, 2.05) is 31.3 Å². The maximum Gasteiger partial charge on any atom is 0.268 e. The number of ketones is 1. The lowest BCUT2D eigenvalue weighted by Gasteiger charge is -2.31. The average molecular weight is 481 g/mol. The number of hydrogen-bond donors (Lipinski definition) is 2. The number of allylic oxidation sites excluding steroid dienone is 2. The van der Waals surface area contributed by atoms with Gasteiger partial charge in [0.2, 0.25) is 5.78 Å². The molecule has 2 atom stereocenters. The van der Waals surface area contributed by atoms with Crippen molar-refractivity contribution < 1.29 is 14.0 Å². The van der Waals surface area contributed by atoms with Gasteiger partial charge in [-0.2, -0.15) is 0 Å². The molecule has 1 fully saturated rings. The van der Waals surface area contributed by atoms with Crippen LogP contribution in [0.2, 0.25) is 5.02 Å². The van der Waals surface area contributed by atoms with Crippen LogP contribution in [0.3, 0.4) is 0 Å². The molecule has 0 saturated heterocycles. The van der Waals surface area contributed by atoms with Crippen LogP contribution in [0.4, 0.5) is 0 Å². The SMILES string of the molecule is CN1CCc2nc(C(=O)/C=C/C[C@H]3CCCC[C@@H]3NC(=O)c3cc4cc(Cl)ccc4[nH]3)oc2C1. The fraction of sp³-hybridized carbons (Fsp3) is 0.423. The van der Waals surface area contributed by atoms with E-state index in [1.165, 1.54) is 0 Å². The second-order valence-electron chi connectivity index (χ2n) is 9.42. The number of aromatic amines is 1. The van der Waals surface area contributed by atoms with Crippen molar-refractivity contribution in [2.24, 2.45) is 5.92 Å². The third kappa shape index (κ3) is 4.95. The number of benzene rings is 1. The summed E-state index contributed by atoms with van der Waals surface area (Å²) in [6, 6.07) is 7.43. The normalized spacial score (nSPS) is 21.1. The lowest BCUT2D eigenvalue weighted by Crippen LogP contribution is -2.42. The molecule has 1 aliphatic heterocycles. The van der Waals surface area contributed by atoms with E-state index in [1.54, 1.807) is 12.1 Å². The van der Waals surface area contributed by atoms with Crippen LogP contribution in [-0.2, 0) is 13.0 Å². The van der Waals surface area contributed by atoms with E-state index in [0.717, 1.165) is 67.4 Å². The van der Waals surface area contributed by atoms with Crippen LogP contribution in [0.5, 0.6) is 0 Å². The summed E-state index contributed by atoms with van der Waals surface area (Å²) in [4.78, 5) is 35.3. The molecule has 34 heavy (non-hydrogen) atoms.